The maximum Gasteiger partial charge on any atom is 0.306 e. The van der Waals surface area contributed by atoms with Crippen molar-refractivity contribution >= 4 is 53.3 Å². The van der Waals surface area contributed by atoms with Gasteiger partial charge in [0.25, 0.3) is 0 Å². The Labute approximate surface area is 145 Å². The third-order valence-corrected chi connectivity index (χ3v) is 5.21. The molecule has 0 atom stereocenters. The molecule has 0 unspecified atom stereocenters. The van der Waals surface area contributed by atoms with Crippen LogP contribution in [0.4, 0.5) is 0 Å². The van der Waals surface area contributed by atoms with E-state index in [1.807, 2.05) is 12.1 Å². The number of halogens is 3. The maximum atomic E-state index is 10.9. The number of thioether (sulfide) groups is 1. The van der Waals surface area contributed by atoms with Gasteiger partial charge in [0.2, 0.25) is 0 Å². The Kier molecular flexibility index (Phi) is 8.21. The minimum absolute atomic E-state index is 0. The summed E-state index contributed by atoms with van der Waals surface area (Å²) < 4.78 is 0. The van der Waals surface area contributed by atoms with Crippen molar-refractivity contribution in [1.82, 2.24) is 4.90 Å². The fourth-order valence-electron chi connectivity index (χ4n) is 2.28. The van der Waals surface area contributed by atoms with E-state index in [0.717, 1.165) is 48.1 Å². The van der Waals surface area contributed by atoms with Gasteiger partial charge in [0.15, 0.2) is 0 Å². The SMILES string of the molecule is Cl.O=C(O)C1CCN(CCSc2cc(Cl)ccc2Cl)CC1. The van der Waals surface area contributed by atoms with Gasteiger partial charge in [-0.3, -0.25) is 4.79 Å². The summed E-state index contributed by atoms with van der Waals surface area (Å²) in [5.74, 6) is 0.101. The fourth-order valence-corrected chi connectivity index (χ4v) is 3.78. The van der Waals surface area contributed by atoms with Gasteiger partial charge in [-0.1, -0.05) is 23.2 Å². The van der Waals surface area contributed by atoms with Gasteiger partial charge in [-0.05, 0) is 44.1 Å². The predicted molar refractivity (Wildman–Crippen MR) is 91.2 cm³/mol. The van der Waals surface area contributed by atoms with E-state index in [1.54, 1.807) is 17.8 Å². The molecule has 1 aliphatic heterocycles. The highest BCUT2D eigenvalue weighted by molar-refractivity contribution is 7.99. The molecule has 3 nitrogen and oxygen atoms in total. The molecule has 0 bridgehead atoms. The highest BCUT2D eigenvalue weighted by atomic mass is 35.5. The fraction of sp³-hybridized carbons (Fsp3) is 0.500. The predicted octanol–water partition coefficient (Wildman–Crippen LogP) is 4.30. The maximum absolute atomic E-state index is 10.9. The minimum atomic E-state index is -0.662. The van der Waals surface area contributed by atoms with E-state index in [0.29, 0.717) is 5.02 Å². The van der Waals surface area contributed by atoms with Crippen molar-refractivity contribution in [2.24, 2.45) is 5.92 Å². The van der Waals surface area contributed by atoms with Crippen molar-refractivity contribution in [2.45, 2.75) is 17.7 Å². The average Bonchev–Trinajstić information content (AvgIpc) is 2.43. The molecule has 1 saturated heterocycles. The summed E-state index contributed by atoms with van der Waals surface area (Å²) in [6, 6.07) is 5.47. The molecule has 1 aromatic carbocycles. The molecule has 0 aliphatic carbocycles. The second kappa shape index (κ2) is 9.11. The molecule has 0 radical (unpaired) electrons. The van der Waals surface area contributed by atoms with E-state index in [4.69, 9.17) is 28.3 Å². The van der Waals surface area contributed by atoms with Crippen molar-refractivity contribution < 1.29 is 9.90 Å². The van der Waals surface area contributed by atoms with Crippen LogP contribution in [-0.2, 0) is 4.79 Å². The van der Waals surface area contributed by atoms with Crippen molar-refractivity contribution in [3.8, 4) is 0 Å². The third kappa shape index (κ3) is 5.87. The highest BCUT2D eigenvalue weighted by Gasteiger charge is 2.23. The third-order valence-electron chi connectivity index (χ3n) is 3.50. The molecule has 7 heteroatoms. The van der Waals surface area contributed by atoms with Crippen molar-refractivity contribution in [1.29, 1.82) is 0 Å². The normalized spacial score (nSPS) is 16.5. The Morgan fingerprint density at radius 1 is 1.33 bits per heavy atom. The lowest BCUT2D eigenvalue weighted by molar-refractivity contribution is -0.143. The summed E-state index contributed by atoms with van der Waals surface area (Å²) in [6.45, 7) is 2.67. The summed E-state index contributed by atoms with van der Waals surface area (Å²) >= 11 is 13.8. The molecule has 21 heavy (non-hydrogen) atoms. The number of piperidine rings is 1. The molecule has 0 spiro atoms. The van der Waals surface area contributed by atoms with E-state index in [1.165, 1.54) is 0 Å². The molecular weight excluding hydrogens is 353 g/mol. The first-order valence-corrected chi connectivity index (χ1v) is 8.33. The van der Waals surface area contributed by atoms with E-state index in [2.05, 4.69) is 4.90 Å². The van der Waals surface area contributed by atoms with Crippen LogP contribution in [-0.4, -0.2) is 41.4 Å². The molecule has 1 heterocycles. The Balaban J connectivity index is 0.00000220. The lowest BCUT2D eigenvalue weighted by Crippen LogP contribution is -2.37. The summed E-state index contributed by atoms with van der Waals surface area (Å²) in [5, 5.41) is 10.4. The van der Waals surface area contributed by atoms with Crippen LogP contribution >= 0.6 is 47.4 Å². The Hall–Kier alpha value is -0.130. The quantitative estimate of drug-likeness (QED) is 0.784. The van der Waals surface area contributed by atoms with Crippen LogP contribution < -0.4 is 0 Å². The molecule has 2 rings (SSSR count). The van der Waals surface area contributed by atoms with Gasteiger partial charge in [-0.2, -0.15) is 0 Å². The number of aliphatic carboxylic acids is 1. The van der Waals surface area contributed by atoms with Gasteiger partial charge < -0.3 is 10.0 Å². The number of carboxylic acids is 1. The molecule has 1 aromatic rings. The monoisotopic (exact) mass is 369 g/mol. The molecule has 1 aliphatic rings. The van der Waals surface area contributed by atoms with E-state index in [9.17, 15) is 4.79 Å². The number of rotatable bonds is 5. The van der Waals surface area contributed by atoms with Crippen LogP contribution in [0.2, 0.25) is 10.0 Å². The zero-order valence-corrected chi connectivity index (χ0v) is 14.6. The van der Waals surface area contributed by atoms with Gasteiger partial charge in [0, 0.05) is 22.2 Å². The van der Waals surface area contributed by atoms with Gasteiger partial charge in [-0.25, -0.2) is 0 Å². The van der Waals surface area contributed by atoms with E-state index >= 15 is 0 Å². The first-order valence-electron chi connectivity index (χ1n) is 6.59. The summed E-state index contributed by atoms with van der Waals surface area (Å²) in [4.78, 5) is 14.2. The molecule has 118 valence electrons. The molecular formula is C14H18Cl3NO2S. The molecule has 1 N–H and O–H groups in total. The standard InChI is InChI=1S/C14H17Cl2NO2S.ClH/c15-11-1-2-12(16)13(9-11)20-8-7-17-5-3-10(4-6-17)14(18)19;/h1-2,9-10H,3-8H2,(H,18,19);1H. The molecule has 1 fully saturated rings. The molecule has 0 saturated carbocycles. The highest BCUT2D eigenvalue weighted by Crippen LogP contribution is 2.30. The number of hydrogen-bond donors (Lipinski definition) is 1. The first-order chi connectivity index (χ1) is 9.56. The Bertz CT molecular complexity index is 479. The Morgan fingerprint density at radius 2 is 2.00 bits per heavy atom. The van der Waals surface area contributed by atoms with E-state index in [-0.39, 0.29) is 18.3 Å². The molecule has 0 amide bonds. The number of carboxylic acid groups (broad SMARTS) is 1. The smallest absolute Gasteiger partial charge is 0.306 e. The second-order valence-corrected chi connectivity index (χ2v) is 6.86. The van der Waals surface area contributed by atoms with Crippen LogP contribution in [0.1, 0.15) is 12.8 Å². The van der Waals surface area contributed by atoms with Crippen LogP contribution in [0.25, 0.3) is 0 Å². The Morgan fingerprint density at radius 3 is 2.62 bits per heavy atom. The van der Waals surface area contributed by atoms with Gasteiger partial charge in [-0.15, -0.1) is 24.2 Å². The van der Waals surface area contributed by atoms with Gasteiger partial charge in [0.05, 0.1) is 10.9 Å². The number of carbonyl (C=O) groups is 1. The zero-order chi connectivity index (χ0) is 14.5. The van der Waals surface area contributed by atoms with Crippen molar-refractivity contribution in [3.05, 3.63) is 28.2 Å². The first kappa shape index (κ1) is 18.9. The van der Waals surface area contributed by atoms with Crippen LogP contribution in [0.3, 0.4) is 0 Å². The minimum Gasteiger partial charge on any atom is -0.481 e. The van der Waals surface area contributed by atoms with Crippen molar-refractivity contribution in [3.63, 3.8) is 0 Å². The van der Waals surface area contributed by atoms with Gasteiger partial charge >= 0.3 is 5.97 Å². The number of hydrogen-bond acceptors (Lipinski definition) is 3. The number of likely N-dealkylation sites (tertiary alicyclic amines) is 1. The largest absolute Gasteiger partial charge is 0.481 e. The number of benzene rings is 1. The topological polar surface area (TPSA) is 40.5 Å². The van der Waals surface area contributed by atoms with Crippen LogP contribution in [0.15, 0.2) is 23.1 Å². The summed E-state index contributed by atoms with van der Waals surface area (Å²) in [6.07, 6.45) is 1.50. The van der Waals surface area contributed by atoms with E-state index < -0.39 is 5.97 Å². The van der Waals surface area contributed by atoms with Crippen LogP contribution in [0, 0.1) is 5.92 Å². The lowest BCUT2D eigenvalue weighted by Gasteiger charge is -2.29. The summed E-state index contributed by atoms with van der Waals surface area (Å²) in [5.41, 5.74) is 0. The average molecular weight is 371 g/mol. The number of nitrogens with zero attached hydrogens (tertiary/aromatic N) is 1. The summed E-state index contributed by atoms with van der Waals surface area (Å²) in [7, 11) is 0. The zero-order valence-electron chi connectivity index (χ0n) is 11.4. The lowest BCUT2D eigenvalue weighted by atomic mass is 9.97. The molecule has 0 aromatic heterocycles. The second-order valence-electron chi connectivity index (χ2n) is 4.88. The van der Waals surface area contributed by atoms with Crippen molar-refractivity contribution in [2.75, 3.05) is 25.4 Å². The van der Waals surface area contributed by atoms with Gasteiger partial charge in [0.1, 0.15) is 0 Å². The van der Waals surface area contributed by atoms with Crippen LogP contribution in [0.5, 0.6) is 0 Å².